The highest BCUT2D eigenvalue weighted by Gasteiger charge is 2.37. The van der Waals surface area contributed by atoms with Crippen molar-refractivity contribution < 1.29 is 24.1 Å². The van der Waals surface area contributed by atoms with Gasteiger partial charge in [-0.2, -0.15) is 0 Å². The highest BCUT2D eigenvalue weighted by Crippen LogP contribution is 2.43. The minimum atomic E-state index is -1.31. The van der Waals surface area contributed by atoms with Gasteiger partial charge in [-0.3, -0.25) is 9.47 Å². The summed E-state index contributed by atoms with van der Waals surface area (Å²) in [5.41, 5.74) is -0.173. The molecule has 7 nitrogen and oxygen atoms in total. The molecule has 2 fully saturated rings. The maximum absolute atomic E-state index is 14.1. The first-order chi connectivity index (χ1) is 13.3. The number of nitrogens with zero attached hydrogens (tertiary/aromatic N) is 2. The van der Waals surface area contributed by atoms with Crippen LogP contribution in [0.15, 0.2) is 16.9 Å². The molecule has 0 unspecified atom stereocenters. The lowest BCUT2D eigenvalue weighted by Crippen LogP contribution is -2.49. The zero-order valence-electron chi connectivity index (χ0n) is 15.8. The number of ether oxygens (including phenoxy) is 1. The van der Waals surface area contributed by atoms with Crippen molar-refractivity contribution in [1.82, 2.24) is 4.68 Å². The number of hydrogen-bond donors (Lipinski definition) is 2. The third kappa shape index (κ3) is 2.92. The minimum absolute atomic E-state index is 0.0163. The standard InChI is InChI=1S/C20H23FN2O5/c1-10-9-22(6-5-14(10)24)23-17(11-3-4-11)16(20(26)27)19(25)13-7-12(21)8-15(28-2)18(13)23/h7-8,10-11,14,24H,3-6,9H2,1-2H3,(H,26,27)/t10-,14-/m0/s1. The van der Waals surface area contributed by atoms with Crippen molar-refractivity contribution in [1.29, 1.82) is 0 Å². The van der Waals surface area contributed by atoms with E-state index in [-0.39, 0.29) is 28.5 Å². The predicted molar refractivity (Wildman–Crippen MR) is 101 cm³/mol. The molecule has 150 valence electrons. The molecule has 2 N–H and O–H groups in total. The molecule has 1 aromatic heterocycles. The number of rotatable bonds is 4. The van der Waals surface area contributed by atoms with Gasteiger partial charge in [0.1, 0.15) is 22.6 Å². The number of aromatic nitrogens is 1. The van der Waals surface area contributed by atoms with Crippen molar-refractivity contribution in [2.75, 3.05) is 25.2 Å². The normalized spacial score (nSPS) is 22.5. The van der Waals surface area contributed by atoms with E-state index >= 15 is 0 Å². The van der Waals surface area contributed by atoms with Gasteiger partial charge in [-0.1, -0.05) is 6.92 Å². The smallest absolute Gasteiger partial charge is 0.341 e. The van der Waals surface area contributed by atoms with E-state index in [0.717, 1.165) is 18.9 Å². The molecule has 1 aromatic carbocycles. The Morgan fingerprint density at radius 2 is 2.00 bits per heavy atom. The fraction of sp³-hybridized carbons (Fsp3) is 0.500. The van der Waals surface area contributed by atoms with Crippen molar-refractivity contribution in [2.45, 2.75) is 38.2 Å². The van der Waals surface area contributed by atoms with E-state index in [0.29, 0.717) is 30.7 Å². The van der Waals surface area contributed by atoms with E-state index in [2.05, 4.69) is 0 Å². The lowest BCUT2D eigenvalue weighted by atomic mass is 9.97. The van der Waals surface area contributed by atoms with E-state index in [1.54, 1.807) is 4.68 Å². The van der Waals surface area contributed by atoms with Crippen LogP contribution in [0.25, 0.3) is 10.9 Å². The molecule has 1 aliphatic carbocycles. The van der Waals surface area contributed by atoms with Gasteiger partial charge in [-0.05, 0) is 25.3 Å². The monoisotopic (exact) mass is 390 g/mol. The van der Waals surface area contributed by atoms with Gasteiger partial charge in [0.15, 0.2) is 0 Å². The molecule has 0 radical (unpaired) electrons. The largest absolute Gasteiger partial charge is 0.494 e. The Hall–Kier alpha value is -2.61. The van der Waals surface area contributed by atoms with Gasteiger partial charge in [0.25, 0.3) is 0 Å². The fourth-order valence-corrected chi connectivity index (χ4v) is 4.13. The summed E-state index contributed by atoms with van der Waals surface area (Å²) in [6.45, 7) is 2.90. The Bertz CT molecular complexity index is 1010. The molecule has 1 saturated heterocycles. The van der Waals surface area contributed by atoms with Gasteiger partial charge in [0.05, 0.1) is 24.3 Å². The first-order valence-electron chi connectivity index (χ1n) is 9.46. The van der Waals surface area contributed by atoms with Crippen LogP contribution < -0.4 is 15.2 Å². The predicted octanol–water partition coefficient (Wildman–Crippen LogP) is 2.06. The zero-order valence-corrected chi connectivity index (χ0v) is 15.8. The zero-order chi connectivity index (χ0) is 20.2. The average molecular weight is 390 g/mol. The highest BCUT2D eigenvalue weighted by atomic mass is 19.1. The van der Waals surface area contributed by atoms with Crippen LogP contribution >= 0.6 is 0 Å². The molecule has 1 saturated carbocycles. The van der Waals surface area contributed by atoms with Gasteiger partial charge in [0.2, 0.25) is 5.43 Å². The number of carboxylic acid groups (broad SMARTS) is 1. The highest BCUT2D eigenvalue weighted by molar-refractivity contribution is 5.96. The van der Waals surface area contributed by atoms with Gasteiger partial charge >= 0.3 is 5.97 Å². The second kappa shape index (κ2) is 6.77. The van der Waals surface area contributed by atoms with E-state index < -0.39 is 23.3 Å². The van der Waals surface area contributed by atoms with Gasteiger partial charge in [-0.25, -0.2) is 9.18 Å². The molecule has 1 aliphatic heterocycles. The number of methoxy groups -OCH3 is 1. The molecule has 2 atom stereocenters. The minimum Gasteiger partial charge on any atom is -0.494 e. The molecule has 2 heterocycles. The van der Waals surface area contributed by atoms with Gasteiger partial charge in [-0.15, -0.1) is 0 Å². The molecule has 0 amide bonds. The second-order valence-electron chi connectivity index (χ2n) is 7.73. The van der Waals surface area contributed by atoms with Crippen LogP contribution in [0.1, 0.15) is 48.2 Å². The van der Waals surface area contributed by atoms with Gasteiger partial charge in [0, 0.05) is 31.0 Å². The lowest BCUT2D eigenvalue weighted by Gasteiger charge is -2.39. The summed E-state index contributed by atoms with van der Waals surface area (Å²) in [7, 11) is 1.40. The Balaban J connectivity index is 2.10. The van der Waals surface area contributed by atoms with Crippen LogP contribution in [0.5, 0.6) is 5.75 Å². The number of pyridine rings is 1. The van der Waals surface area contributed by atoms with E-state index in [1.165, 1.54) is 13.2 Å². The van der Waals surface area contributed by atoms with Gasteiger partial charge < -0.3 is 20.0 Å². The molecule has 4 rings (SSSR count). The molecule has 0 bridgehead atoms. The molecule has 0 spiro atoms. The summed E-state index contributed by atoms with van der Waals surface area (Å²) < 4.78 is 21.3. The number of carbonyl (C=O) groups is 1. The molecular formula is C20H23FN2O5. The van der Waals surface area contributed by atoms with Crippen molar-refractivity contribution >= 4 is 16.9 Å². The number of aliphatic hydroxyl groups is 1. The Labute approximate surface area is 160 Å². The molecule has 8 heteroatoms. The summed E-state index contributed by atoms with van der Waals surface area (Å²) in [4.78, 5) is 25.0. The number of fused-ring (bicyclic) bond motifs is 1. The topological polar surface area (TPSA) is 92.0 Å². The number of hydrogen-bond acceptors (Lipinski definition) is 5. The number of carboxylic acids is 1. The van der Waals surface area contributed by atoms with E-state index in [1.807, 2.05) is 11.9 Å². The number of benzene rings is 1. The maximum atomic E-state index is 14.1. The van der Waals surface area contributed by atoms with Crippen LogP contribution in [0.4, 0.5) is 4.39 Å². The summed E-state index contributed by atoms with van der Waals surface area (Å²) >= 11 is 0. The maximum Gasteiger partial charge on any atom is 0.341 e. The summed E-state index contributed by atoms with van der Waals surface area (Å²) in [5.74, 6) is -1.86. The van der Waals surface area contributed by atoms with Crippen LogP contribution in [-0.4, -0.2) is 47.2 Å². The quantitative estimate of drug-likeness (QED) is 0.830. The lowest BCUT2D eigenvalue weighted by molar-refractivity contribution is 0.0691. The average Bonchev–Trinajstić information content (AvgIpc) is 3.48. The number of aliphatic hydroxyl groups excluding tert-OH is 1. The van der Waals surface area contributed by atoms with Crippen molar-refractivity contribution in [3.05, 3.63) is 39.4 Å². The number of halogens is 1. The van der Waals surface area contributed by atoms with Crippen LogP contribution in [0, 0.1) is 11.7 Å². The van der Waals surface area contributed by atoms with E-state index in [9.17, 15) is 24.2 Å². The summed E-state index contributed by atoms with van der Waals surface area (Å²) in [5, 5.41) is 21.8. The first kappa shape index (κ1) is 18.7. The summed E-state index contributed by atoms with van der Waals surface area (Å²) in [6.07, 6.45) is 1.66. The Kier molecular flexibility index (Phi) is 4.53. The van der Waals surface area contributed by atoms with Crippen molar-refractivity contribution in [3.8, 4) is 5.75 Å². The molecule has 2 aliphatic rings. The number of piperidine rings is 1. The molecule has 28 heavy (non-hydrogen) atoms. The fourth-order valence-electron chi connectivity index (χ4n) is 4.13. The van der Waals surface area contributed by atoms with E-state index in [4.69, 9.17) is 4.74 Å². The van der Waals surface area contributed by atoms with Crippen molar-refractivity contribution in [3.63, 3.8) is 0 Å². The van der Waals surface area contributed by atoms with Crippen LogP contribution in [0.3, 0.4) is 0 Å². The van der Waals surface area contributed by atoms with Crippen molar-refractivity contribution in [2.24, 2.45) is 5.92 Å². The third-order valence-electron chi connectivity index (χ3n) is 5.73. The first-order valence-corrected chi connectivity index (χ1v) is 9.46. The third-order valence-corrected chi connectivity index (χ3v) is 5.73. The van der Waals surface area contributed by atoms with Crippen LogP contribution in [-0.2, 0) is 0 Å². The second-order valence-corrected chi connectivity index (χ2v) is 7.73. The SMILES string of the molecule is COc1cc(F)cc2c(=O)c(C(=O)O)c(C3CC3)n(N3CC[C@H](O)[C@@H](C)C3)c12. The Morgan fingerprint density at radius 3 is 2.57 bits per heavy atom. The molecule has 2 aromatic rings. The Morgan fingerprint density at radius 1 is 1.29 bits per heavy atom. The number of aromatic carboxylic acids is 1. The summed E-state index contributed by atoms with van der Waals surface area (Å²) in [6, 6.07) is 2.28. The van der Waals surface area contributed by atoms with Crippen LogP contribution in [0.2, 0.25) is 0 Å². The molecular weight excluding hydrogens is 367 g/mol.